The summed E-state index contributed by atoms with van der Waals surface area (Å²) in [5.74, 6) is -0.339. The summed E-state index contributed by atoms with van der Waals surface area (Å²) in [7, 11) is 1.57. The Morgan fingerprint density at radius 1 is 1.33 bits per heavy atom. The molecule has 1 N–H and O–H groups in total. The van der Waals surface area contributed by atoms with Gasteiger partial charge < -0.3 is 14.6 Å². The minimum Gasteiger partial charge on any atom is -0.467 e. The second-order valence-electron chi connectivity index (χ2n) is 6.47. The highest BCUT2D eigenvalue weighted by molar-refractivity contribution is 6.09. The van der Waals surface area contributed by atoms with E-state index in [2.05, 4.69) is 5.32 Å². The van der Waals surface area contributed by atoms with Crippen LogP contribution in [0.1, 0.15) is 23.8 Å². The Hall–Kier alpha value is -3.60. The fourth-order valence-electron chi connectivity index (χ4n) is 2.92. The van der Waals surface area contributed by atoms with E-state index in [1.807, 2.05) is 6.07 Å². The molecule has 0 saturated carbocycles. The van der Waals surface area contributed by atoms with E-state index in [0.29, 0.717) is 16.9 Å². The van der Waals surface area contributed by atoms with E-state index in [4.69, 9.17) is 9.68 Å². The highest BCUT2D eigenvalue weighted by Crippen LogP contribution is 2.29. The van der Waals surface area contributed by atoms with Crippen molar-refractivity contribution in [1.29, 1.82) is 5.26 Å². The maximum atomic E-state index is 12.9. The van der Waals surface area contributed by atoms with Crippen molar-refractivity contribution in [1.82, 2.24) is 15.1 Å². The quantitative estimate of drug-likeness (QED) is 0.809. The lowest BCUT2D eigenvalue weighted by atomic mass is 9.91. The molecule has 1 saturated heterocycles. The summed E-state index contributed by atoms with van der Waals surface area (Å²) in [4.78, 5) is 39.9. The van der Waals surface area contributed by atoms with E-state index in [0.717, 1.165) is 4.90 Å². The van der Waals surface area contributed by atoms with Gasteiger partial charge >= 0.3 is 6.03 Å². The van der Waals surface area contributed by atoms with E-state index in [-0.39, 0.29) is 13.1 Å². The third-order valence-corrected chi connectivity index (χ3v) is 4.54. The summed E-state index contributed by atoms with van der Waals surface area (Å²) < 4.78 is 5.20. The van der Waals surface area contributed by atoms with Crippen LogP contribution < -0.4 is 5.32 Å². The fraction of sp³-hybridized carbons (Fsp3) is 0.263. The Bertz CT molecular complexity index is 931. The number of urea groups is 1. The van der Waals surface area contributed by atoms with E-state index < -0.39 is 23.4 Å². The molecule has 1 fully saturated rings. The molecule has 8 heteroatoms. The van der Waals surface area contributed by atoms with E-state index in [9.17, 15) is 14.4 Å². The van der Waals surface area contributed by atoms with Crippen molar-refractivity contribution in [2.24, 2.45) is 0 Å². The van der Waals surface area contributed by atoms with Crippen LogP contribution in [-0.4, -0.2) is 41.2 Å². The first-order valence-electron chi connectivity index (χ1n) is 8.26. The first kappa shape index (κ1) is 18.2. The summed E-state index contributed by atoms with van der Waals surface area (Å²) in [6.07, 6.45) is 1.51. The number of nitrogens with one attached hydrogen (secondary N) is 1. The van der Waals surface area contributed by atoms with E-state index in [1.54, 1.807) is 50.4 Å². The molecule has 1 atom stereocenters. The van der Waals surface area contributed by atoms with Crippen molar-refractivity contribution in [2.45, 2.75) is 19.0 Å². The zero-order chi connectivity index (χ0) is 19.6. The summed E-state index contributed by atoms with van der Waals surface area (Å²) >= 11 is 0. The molecule has 4 amide bonds. The molecule has 2 heterocycles. The third kappa shape index (κ3) is 3.40. The van der Waals surface area contributed by atoms with Crippen LogP contribution in [0.2, 0.25) is 0 Å². The maximum Gasteiger partial charge on any atom is 0.325 e. The average Bonchev–Trinajstić information content (AvgIpc) is 3.24. The molecule has 0 radical (unpaired) electrons. The number of hydrogen-bond acceptors (Lipinski definition) is 5. The van der Waals surface area contributed by atoms with Gasteiger partial charge in [-0.3, -0.25) is 14.5 Å². The van der Waals surface area contributed by atoms with E-state index in [1.165, 1.54) is 11.2 Å². The van der Waals surface area contributed by atoms with Crippen LogP contribution in [0.15, 0.2) is 47.1 Å². The SMILES string of the molecule is CN(Cc1ccco1)C(=O)CN1C(=O)NC(C)(c2cccc(C#N)c2)C1=O. The van der Waals surface area contributed by atoms with Crippen LogP contribution in [-0.2, 0) is 21.7 Å². The van der Waals surface area contributed by atoms with Crippen LogP contribution in [0, 0.1) is 11.3 Å². The number of rotatable bonds is 5. The molecule has 1 unspecified atom stereocenters. The van der Waals surface area contributed by atoms with Crippen molar-refractivity contribution in [2.75, 3.05) is 13.6 Å². The molecule has 2 aromatic rings. The molecular weight excluding hydrogens is 348 g/mol. The molecule has 3 rings (SSSR count). The summed E-state index contributed by atoms with van der Waals surface area (Å²) in [5, 5.41) is 11.7. The number of carbonyl (C=O) groups is 3. The number of benzene rings is 1. The van der Waals surface area contributed by atoms with Crippen molar-refractivity contribution < 1.29 is 18.8 Å². The van der Waals surface area contributed by atoms with E-state index >= 15 is 0 Å². The topological polar surface area (TPSA) is 107 Å². The monoisotopic (exact) mass is 366 g/mol. The lowest BCUT2D eigenvalue weighted by molar-refractivity contribution is -0.138. The number of carbonyl (C=O) groups excluding carboxylic acids is 3. The lowest BCUT2D eigenvalue weighted by Gasteiger charge is -2.23. The summed E-state index contributed by atoms with van der Waals surface area (Å²) in [6, 6.07) is 11.3. The molecule has 8 nitrogen and oxygen atoms in total. The molecule has 27 heavy (non-hydrogen) atoms. The van der Waals surface area contributed by atoms with Crippen LogP contribution in [0.3, 0.4) is 0 Å². The Balaban J connectivity index is 1.75. The van der Waals surface area contributed by atoms with Gasteiger partial charge in [0.1, 0.15) is 17.8 Å². The van der Waals surface area contributed by atoms with Crippen LogP contribution in [0.5, 0.6) is 0 Å². The predicted octanol–water partition coefficient (Wildman–Crippen LogP) is 1.58. The van der Waals surface area contributed by atoms with Crippen LogP contribution >= 0.6 is 0 Å². The number of nitrogens with zero attached hydrogens (tertiary/aromatic N) is 3. The number of nitriles is 1. The number of likely N-dealkylation sites (N-methyl/N-ethyl adjacent to an activating group) is 1. The minimum absolute atomic E-state index is 0.233. The Morgan fingerprint density at radius 2 is 2.11 bits per heavy atom. The lowest BCUT2D eigenvalue weighted by Crippen LogP contribution is -2.43. The van der Waals surface area contributed by atoms with Gasteiger partial charge in [0.15, 0.2) is 0 Å². The highest BCUT2D eigenvalue weighted by Gasteiger charge is 2.49. The number of amides is 4. The Labute approximate surface area is 156 Å². The van der Waals surface area contributed by atoms with Crippen molar-refractivity contribution in [3.63, 3.8) is 0 Å². The normalized spacial score (nSPS) is 18.9. The molecule has 1 aliphatic rings. The standard InChI is InChI=1S/C19H18N4O4/c1-19(14-6-3-5-13(9-14)10-20)17(25)23(18(26)21-19)12-16(24)22(2)11-15-7-4-8-27-15/h3-9H,11-12H2,1-2H3,(H,21,26). The first-order valence-corrected chi connectivity index (χ1v) is 8.26. The van der Waals surface area contributed by atoms with Crippen molar-refractivity contribution in [3.05, 3.63) is 59.5 Å². The fourth-order valence-corrected chi connectivity index (χ4v) is 2.92. The van der Waals surface area contributed by atoms with Gasteiger partial charge in [-0.1, -0.05) is 12.1 Å². The maximum absolute atomic E-state index is 12.9. The van der Waals surface area contributed by atoms with Crippen LogP contribution in [0.4, 0.5) is 4.79 Å². The second kappa shape index (κ2) is 6.96. The van der Waals surface area contributed by atoms with Gasteiger partial charge in [-0.05, 0) is 36.8 Å². The summed E-state index contributed by atoms with van der Waals surface area (Å²) in [6.45, 7) is 1.41. The molecule has 138 valence electrons. The molecule has 1 aromatic heterocycles. The molecule has 1 aliphatic heterocycles. The van der Waals surface area contributed by atoms with Crippen molar-refractivity contribution >= 4 is 17.8 Å². The minimum atomic E-state index is -1.33. The highest BCUT2D eigenvalue weighted by atomic mass is 16.3. The van der Waals surface area contributed by atoms with Crippen LogP contribution in [0.25, 0.3) is 0 Å². The van der Waals surface area contributed by atoms with Gasteiger partial charge in [-0.15, -0.1) is 0 Å². The number of furan rings is 1. The van der Waals surface area contributed by atoms with Gasteiger partial charge in [0.25, 0.3) is 5.91 Å². The first-order chi connectivity index (χ1) is 12.8. The molecule has 1 aromatic carbocycles. The van der Waals surface area contributed by atoms with Crippen molar-refractivity contribution in [3.8, 4) is 6.07 Å². The van der Waals surface area contributed by atoms with Gasteiger partial charge in [-0.2, -0.15) is 5.26 Å². The molecule has 0 spiro atoms. The molecular formula is C19H18N4O4. The zero-order valence-corrected chi connectivity index (χ0v) is 14.9. The third-order valence-electron chi connectivity index (χ3n) is 4.54. The van der Waals surface area contributed by atoms with Gasteiger partial charge in [0.2, 0.25) is 5.91 Å². The Kier molecular flexibility index (Phi) is 4.69. The number of imide groups is 1. The molecule has 0 aliphatic carbocycles. The van der Waals surface area contributed by atoms with Gasteiger partial charge in [0.05, 0.1) is 24.4 Å². The summed E-state index contributed by atoms with van der Waals surface area (Å²) in [5.41, 5.74) is -0.466. The largest absolute Gasteiger partial charge is 0.467 e. The Morgan fingerprint density at radius 3 is 2.78 bits per heavy atom. The predicted molar refractivity (Wildman–Crippen MR) is 93.9 cm³/mol. The van der Waals surface area contributed by atoms with Gasteiger partial charge in [0, 0.05) is 7.05 Å². The smallest absolute Gasteiger partial charge is 0.325 e. The second-order valence-corrected chi connectivity index (χ2v) is 6.47. The van der Waals surface area contributed by atoms with Gasteiger partial charge in [-0.25, -0.2) is 4.79 Å². The average molecular weight is 366 g/mol. The number of hydrogen-bond donors (Lipinski definition) is 1. The molecule has 0 bridgehead atoms. The zero-order valence-electron chi connectivity index (χ0n) is 14.9.